The summed E-state index contributed by atoms with van der Waals surface area (Å²) in [5, 5.41) is 2.52. The number of hydrogen-bond acceptors (Lipinski definition) is 4. The molecular formula is C15H13Cl2F2N3O. The van der Waals surface area contributed by atoms with Gasteiger partial charge in [0.25, 0.3) is 0 Å². The largest absolute Gasteiger partial charge is 0.480 e. The summed E-state index contributed by atoms with van der Waals surface area (Å²) < 4.78 is 33.2. The molecule has 1 saturated heterocycles. The highest BCUT2D eigenvalue weighted by Gasteiger charge is 2.31. The summed E-state index contributed by atoms with van der Waals surface area (Å²) in [7, 11) is 0. The van der Waals surface area contributed by atoms with Crippen LogP contribution in [0, 0.1) is 17.6 Å². The van der Waals surface area contributed by atoms with Gasteiger partial charge in [-0.1, -0.05) is 23.2 Å². The summed E-state index contributed by atoms with van der Waals surface area (Å²) >= 11 is 11.8. The molecule has 1 aromatic heterocycles. The van der Waals surface area contributed by atoms with E-state index in [1.807, 2.05) is 0 Å². The number of ether oxygens (including phenoxy) is 1. The standard InChI is InChI=1S/C15H13Cl2F2N3O/c16-12-9(18)5-10(19)13(17)15(12)23-14(8-1-2-20-6-8)11-7-21-3-4-22-11/h3-5,7-8,14,20H,1-2,6H2/t8-,14+/m1/s1. The number of nitrogens with one attached hydrogen (secondary N) is 1. The maximum atomic E-state index is 13.7. The zero-order valence-electron chi connectivity index (χ0n) is 11.9. The Balaban J connectivity index is 1.99. The SMILES string of the molecule is Fc1cc(F)c(Cl)c(O[C@H](c2cnccn2)[C@@H]2CCNC2)c1Cl. The van der Waals surface area contributed by atoms with Crippen molar-refractivity contribution in [1.29, 1.82) is 0 Å². The number of aromatic nitrogens is 2. The van der Waals surface area contributed by atoms with Gasteiger partial charge in [-0.3, -0.25) is 9.97 Å². The maximum absolute atomic E-state index is 13.7. The summed E-state index contributed by atoms with van der Waals surface area (Å²) in [4.78, 5) is 8.26. The van der Waals surface area contributed by atoms with Crippen molar-refractivity contribution in [3.63, 3.8) is 0 Å². The molecule has 4 nitrogen and oxygen atoms in total. The van der Waals surface area contributed by atoms with Gasteiger partial charge < -0.3 is 10.1 Å². The molecule has 0 unspecified atom stereocenters. The van der Waals surface area contributed by atoms with Crippen molar-refractivity contribution in [2.45, 2.75) is 12.5 Å². The van der Waals surface area contributed by atoms with Gasteiger partial charge in [0.05, 0.1) is 11.9 Å². The molecule has 0 bridgehead atoms. The van der Waals surface area contributed by atoms with Crippen LogP contribution in [0.25, 0.3) is 0 Å². The Kier molecular flexibility index (Phi) is 4.94. The molecule has 1 fully saturated rings. The first-order chi connectivity index (χ1) is 11.1. The summed E-state index contributed by atoms with van der Waals surface area (Å²) in [5.74, 6) is -2.00. The van der Waals surface area contributed by atoms with Gasteiger partial charge >= 0.3 is 0 Å². The minimum Gasteiger partial charge on any atom is -0.480 e. The van der Waals surface area contributed by atoms with Crippen LogP contribution in [0.15, 0.2) is 24.7 Å². The second-order valence-corrected chi connectivity index (χ2v) is 5.97. The van der Waals surface area contributed by atoms with E-state index in [1.54, 1.807) is 6.20 Å². The minimum absolute atomic E-state index is 0.0603. The monoisotopic (exact) mass is 359 g/mol. The van der Waals surface area contributed by atoms with Gasteiger partial charge in [-0.15, -0.1) is 0 Å². The van der Waals surface area contributed by atoms with Crippen LogP contribution in [0.5, 0.6) is 5.75 Å². The van der Waals surface area contributed by atoms with E-state index in [9.17, 15) is 8.78 Å². The minimum atomic E-state index is -0.925. The molecule has 0 radical (unpaired) electrons. The molecule has 0 aliphatic carbocycles. The van der Waals surface area contributed by atoms with Crippen LogP contribution in [0.4, 0.5) is 8.78 Å². The molecule has 8 heteroatoms. The molecule has 0 spiro atoms. The number of rotatable bonds is 4. The van der Waals surface area contributed by atoms with Crippen molar-refractivity contribution in [2.75, 3.05) is 13.1 Å². The van der Waals surface area contributed by atoms with Crippen molar-refractivity contribution >= 4 is 23.2 Å². The molecule has 3 rings (SSSR count). The van der Waals surface area contributed by atoms with E-state index in [0.29, 0.717) is 18.3 Å². The van der Waals surface area contributed by atoms with E-state index in [-0.39, 0.29) is 21.7 Å². The average Bonchev–Trinajstić information content (AvgIpc) is 3.08. The third kappa shape index (κ3) is 3.39. The van der Waals surface area contributed by atoms with E-state index in [1.165, 1.54) is 12.4 Å². The Morgan fingerprint density at radius 2 is 1.96 bits per heavy atom. The Hall–Kier alpha value is -1.50. The van der Waals surface area contributed by atoms with Gasteiger partial charge in [0.2, 0.25) is 0 Å². The number of nitrogens with zero attached hydrogens (tertiary/aromatic N) is 2. The van der Waals surface area contributed by atoms with Gasteiger partial charge in [0.15, 0.2) is 5.75 Å². The Labute approximate surface area is 141 Å². The van der Waals surface area contributed by atoms with Crippen LogP contribution in [0.1, 0.15) is 18.2 Å². The van der Waals surface area contributed by atoms with Crippen molar-refractivity contribution in [1.82, 2.24) is 15.3 Å². The summed E-state index contributed by atoms with van der Waals surface area (Å²) in [6.07, 6.45) is 4.89. The topological polar surface area (TPSA) is 47.0 Å². The third-order valence-electron chi connectivity index (χ3n) is 3.72. The first kappa shape index (κ1) is 16.4. The maximum Gasteiger partial charge on any atom is 0.163 e. The fourth-order valence-electron chi connectivity index (χ4n) is 2.57. The first-order valence-corrected chi connectivity index (χ1v) is 7.79. The highest BCUT2D eigenvalue weighted by molar-refractivity contribution is 6.37. The van der Waals surface area contributed by atoms with Crippen molar-refractivity contribution in [2.24, 2.45) is 5.92 Å². The van der Waals surface area contributed by atoms with E-state index >= 15 is 0 Å². The zero-order valence-corrected chi connectivity index (χ0v) is 13.4. The van der Waals surface area contributed by atoms with E-state index < -0.39 is 17.7 Å². The summed E-state index contributed by atoms with van der Waals surface area (Å²) in [5.41, 5.74) is 0.554. The van der Waals surface area contributed by atoms with Crippen LogP contribution in [0.3, 0.4) is 0 Å². The predicted octanol–water partition coefficient (Wildman–Crippen LogP) is 3.79. The quantitative estimate of drug-likeness (QED) is 0.843. The lowest BCUT2D eigenvalue weighted by Crippen LogP contribution is -2.23. The van der Waals surface area contributed by atoms with E-state index in [2.05, 4.69) is 15.3 Å². The van der Waals surface area contributed by atoms with Crippen LogP contribution in [-0.4, -0.2) is 23.1 Å². The van der Waals surface area contributed by atoms with E-state index in [0.717, 1.165) is 13.0 Å². The van der Waals surface area contributed by atoms with Gasteiger partial charge in [-0.2, -0.15) is 0 Å². The zero-order chi connectivity index (χ0) is 16.4. The fourth-order valence-corrected chi connectivity index (χ4v) is 3.01. The molecule has 1 aliphatic rings. The molecular weight excluding hydrogens is 347 g/mol. The van der Waals surface area contributed by atoms with Crippen molar-refractivity contribution < 1.29 is 13.5 Å². The second kappa shape index (κ2) is 6.95. The van der Waals surface area contributed by atoms with Gasteiger partial charge in [0.1, 0.15) is 27.8 Å². The molecule has 0 amide bonds. The van der Waals surface area contributed by atoms with Crippen LogP contribution < -0.4 is 10.1 Å². The Morgan fingerprint density at radius 1 is 1.22 bits per heavy atom. The Bertz CT molecular complexity index is 671. The predicted molar refractivity (Wildman–Crippen MR) is 82.8 cm³/mol. The molecule has 2 heterocycles. The number of benzene rings is 1. The highest BCUT2D eigenvalue weighted by Crippen LogP contribution is 2.41. The molecule has 0 saturated carbocycles. The van der Waals surface area contributed by atoms with Crippen molar-refractivity contribution in [3.05, 3.63) is 52.0 Å². The van der Waals surface area contributed by atoms with Gasteiger partial charge in [-0.05, 0) is 13.0 Å². The van der Waals surface area contributed by atoms with Crippen LogP contribution in [0.2, 0.25) is 10.0 Å². The number of hydrogen-bond donors (Lipinski definition) is 1. The van der Waals surface area contributed by atoms with Crippen LogP contribution >= 0.6 is 23.2 Å². The fraction of sp³-hybridized carbons (Fsp3) is 0.333. The molecule has 23 heavy (non-hydrogen) atoms. The molecule has 2 aromatic rings. The Morgan fingerprint density at radius 3 is 2.52 bits per heavy atom. The van der Waals surface area contributed by atoms with Crippen molar-refractivity contribution in [3.8, 4) is 5.75 Å². The molecule has 1 aliphatic heterocycles. The highest BCUT2D eigenvalue weighted by atomic mass is 35.5. The van der Waals surface area contributed by atoms with Gasteiger partial charge in [-0.25, -0.2) is 8.78 Å². The van der Waals surface area contributed by atoms with Crippen LogP contribution in [-0.2, 0) is 0 Å². The lowest BCUT2D eigenvalue weighted by atomic mass is 9.99. The molecule has 2 atom stereocenters. The second-order valence-electron chi connectivity index (χ2n) is 5.22. The smallest absolute Gasteiger partial charge is 0.163 e. The third-order valence-corrected chi connectivity index (χ3v) is 4.42. The number of halogens is 4. The summed E-state index contributed by atoms with van der Waals surface area (Å²) in [6.45, 7) is 1.51. The molecule has 122 valence electrons. The van der Waals surface area contributed by atoms with Gasteiger partial charge in [0, 0.05) is 30.9 Å². The lowest BCUT2D eigenvalue weighted by Gasteiger charge is -2.24. The molecule has 1 aromatic carbocycles. The molecule has 1 N–H and O–H groups in total. The average molecular weight is 360 g/mol. The lowest BCUT2D eigenvalue weighted by molar-refractivity contribution is 0.139. The van der Waals surface area contributed by atoms with E-state index in [4.69, 9.17) is 27.9 Å². The normalized spacial score (nSPS) is 18.9. The first-order valence-electron chi connectivity index (χ1n) is 7.04. The summed E-state index contributed by atoms with van der Waals surface area (Å²) in [6, 6.07) is 0.631.